The third-order valence-corrected chi connectivity index (χ3v) is 4.48. The monoisotopic (exact) mass is 383 g/mol. The first-order valence-corrected chi connectivity index (χ1v) is 8.62. The molecule has 2 N–H and O–H groups in total. The van der Waals surface area contributed by atoms with Crippen molar-refractivity contribution in [2.24, 2.45) is 0 Å². The minimum Gasteiger partial charge on any atom is -0.491 e. The van der Waals surface area contributed by atoms with E-state index in [0.717, 1.165) is 27.5 Å². The van der Waals surface area contributed by atoms with E-state index in [1.54, 1.807) is 0 Å². The lowest BCUT2D eigenvalue weighted by Crippen LogP contribution is -2.33. The van der Waals surface area contributed by atoms with Crippen molar-refractivity contribution in [3.8, 4) is 5.75 Å². The van der Waals surface area contributed by atoms with E-state index in [1.165, 1.54) is 5.56 Å². The Hall–Kier alpha value is -1.26. The fourth-order valence-corrected chi connectivity index (χ4v) is 2.70. The van der Waals surface area contributed by atoms with Gasteiger partial charge in [0, 0.05) is 17.6 Å². The van der Waals surface area contributed by atoms with E-state index in [0.29, 0.717) is 6.54 Å². The predicted molar refractivity (Wildman–Crippen MR) is 107 cm³/mol. The number of aliphatic hydroxyl groups is 1. The van der Waals surface area contributed by atoms with Gasteiger partial charge in [-0.25, -0.2) is 0 Å². The topological polar surface area (TPSA) is 41.5 Å². The summed E-state index contributed by atoms with van der Waals surface area (Å²) in [7, 11) is 0. The molecule has 2 aromatic carbocycles. The van der Waals surface area contributed by atoms with Gasteiger partial charge in [0.1, 0.15) is 18.5 Å². The van der Waals surface area contributed by atoms with Crippen LogP contribution in [0, 0.1) is 20.8 Å². The molecule has 25 heavy (non-hydrogen) atoms. The summed E-state index contributed by atoms with van der Waals surface area (Å²) in [6, 6.07) is 12.0. The highest BCUT2D eigenvalue weighted by molar-refractivity contribution is 6.30. The summed E-state index contributed by atoms with van der Waals surface area (Å²) in [5.74, 6) is 0.845. The SMILES string of the molecule is Cc1cc(C)c(C)c(OCC(O)CNC(C)c2ccc(Cl)cc2)c1.Cl. The van der Waals surface area contributed by atoms with Gasteiger partial charge in [0.2, 0.25) is 0 Å². The molecule has 3 nitrogen and oxygen atoms in total. The van der Waals surface area contributed by atoms with Crippen LogP contribution in [0.25, 0.3) is 0 Å². The Morgan fingerprint density at radius 2 is 1.76 bits per heavy atom. The summed E-state index contributed by atoms with van der Waals surface area (Å²) in [6.07, 6.45) is -0.569. The first-order valence-electron chi connectivity index (χ1n) is 8.24. The van der Waals surface area contributed by atoms with Crippen LogP contribution in [0.1, 0.15) is 35.2 Å². The van der Waals surface area contributed by atoms with Crippen molar-refractivity contribution in [1.82, 2.24) is 5.32 Å². The Morgan fingerprint density at radius 3 is 2.40 bits per heavy atom. The molecular weight excluding hydrogens is 357 g/mol. The molecule has 0 saturated heterocycles. The van der Waals surface area contributed by atoms with Gasteiger partial charge in [-0.05, 0) is 68.1 Å². The van der Waals surface area contributed by atoms with Crippen LogP contribution in [-0.2, 0) is 0 Å². The zero-order valence-corrected chi connectivity index (χ0v) is 16.7. The molecule has 0 aliphatic carbocycles. The van der Waals surface area contributed by atoms with E-state index in [9.17, 15) is 5.11 Å². The smallest absolute Gasteiger partial charge is 0.122 e. The van der Waals surface area contributed by atoms with Crippen LogP contribution in [0.15, 0.2) is 36.4 Å². The maximum Gasteiger partial charge on any atom is 0.122 e. The Labute approximate surface area is 161 Å². The standard InChI is InChI=1S/C20H26ClNO2.ClH/c1-13-9-14(2)15(3)20(10-13)24-12-19(23)11-22-16(4)17-5-7-18(21)8-6-17;/h5-10,16,19,22-23H,11-12H2,1-4H3;1H. The van der Waals surface area contributed by atoms with Crippen LogP contribution in [-0.4, -0.2) is 24.4 Å². The molecule has 0 aliphatic heterocycles. The van der Waals surface area contributed by atoms with E-state index in [4.69, 9.17) is 16.3 Å². The molecule has 2 atom stereocenters. The van der Waals surface area contributed by atoms with Crippen molar-refractivity contribution < 1.29 is 9.84 Å². The third kappa shape index (κ3) is 6.52. The van der Waals surface area contributed by atoms with Gasteiger partial charge in [-0.2, -0.15) is 0 Å². The Bertz CT molecular complexity index is 674. The molecule has 5 heteroatoms. The van der Waals surface area contributed by atoms with Crippen molar-refractivity contribution in [3.63, 3.8) is 0 Å². The molecule has 0 aliphatic rings. The van der Waals surface area contributed by atoms with Crippen molar-refractivity contribution in [2.75, 3.05) is 13.2 Å². The minimum absolute atomic E-state index is 0. The van der Waals surface area contributed by atoms with Crippen LogP contribution in [0.4, 0.5) is 0 Å². The molecule has 2 aromatic rings. The first-order chi connectivity index (χ1) is 11.4. The van der Waals surface area contributed by atoms with Gasteiger partial charge in [0.05, 0.1) is 0 Å². The van der Waals surface area contributed by atoms with Crippen LogP contribution in [0.5, 0.6) is 5.75 Å². The summed E-state index contributed by atoms with van der Waals surface area (Å²) in [6.45, 7) is 8.95. The molecule has 0 aromatic heterocycles. The second kappa shape index (κ2) is 10.0. The number of benzene rings is 2. The largest absolute Gasteiger partial charge is 0.491 e. The molecule has 0 fully saturated rings. The van der Waals surface area contributed by atoms with Gasteiger partial charge in [-0.15, -0.1) is 12.4 Å². The summed E-state index contributed by atoms with van der Waals surface area (Å²) in [4.78, 5) is 0. The molecule has 0 amide bonds. The fraction of sp³-hybridized carbons (Fsp3) is 0.400. The van der Waals surface area contributed by atoms with Gasteiger partial charge < -0.3 is 15.2 Å². The predicted octanol–water partition coefficient (Wildman–Crippen LogP) is 4.78. The van der Waals surface area contributed by atoms with Crippen LogP contribution in [0.2, 0.25) is 5.02 Å². The van der Waals surface area contributed by atoms with Crippen LogP contribution >= 0.6 is 24.0 Å². The van der Waals surface area contributed by atoms with Crippen molar-refractivity contribution in [3.05, 3.63) is 63.7 Å². The molecule has 0 saturated carbocycles. The Balaban J connectivity index is 0.00000312. The number of rotatable bonds is 7. The molecule has 138 valence electrons. The van der Waals surface area contributed by atoms with Crippen LogP contribution < -0.4 is 10.1 Å². The highest BCUT2D eigenvalue weighted by atomic mass is 35.5. The highest BCUT2D eigenvalue weighted by Gasteiger charge is 2.11. The van der Waals surface area contributed by atoms with Gasteiger partial charge >= 0.3 is 0 Å². The van der Waals surface area contributed by atoms with E-state index in [-0.39, 0.29) is 25.1 Å². The van der Waals surface area contributed by atoms with Gasteiger partial charge in [0.25, 0.3) is 0 Å². The number of hydrogen-bond donors (Lipinski definition) is 2. The second-order valence-electron chi connectivity index (χ2n) is 6.35. The molecule has 0 radical (unpaired) electrons. The number of hydrogen-bond acceptors (Lipinski definition) is 3. The zero-order chi connectivity index (χ0) is 17.7. The summed E-state index contributed by atoms with van der Waals surface area (Å²) < 4.78 is 5.81. The highest BCUT2D eigenvalue weighted by Crippen LogP contribution is 2.23. The van der Waals surface area contributed by atoms with Crippen molar-refractivity contribution in [2.45, 2.75) is 39.8 Å². The fourth-order valence-electron chi connectivity index (χ4n) is 2.58. The van der Waals surface area contributed by atoms with Crippen molar-refractivity contribution >= 4 is 24.0 Å². The zero-order valence-electron chi connectivity index (χ0n) is 15.2. The summed E-state index contributed by atoms with van der Waals surface area (Å²) in [5, 5.41) is 14.2. The lowest BCUT2D eigenvalue weighted by atomic mass is 10.1. The molecule has 0 spiro atoms. The lowest BCUT2D eigenvalue weighted by molar-refractivity contribution is 0.104. The maximum absolute atomic E-state index is 10.2. The molecule has 0 heterocycles. The van der Waals surface area contributed by atoms with Crippen LogP contribution in [0.3, 0.4) is 0 Å². The van der Waals surface area contributed by atoms with E-state index in [2.05, 4.69) is 25.2 Å². The number of aliphatic hydroxyl groups excluding tert-OH is 1. The molecule has 0 bridgehead atoms. The quantitative estimate of drug-likeness (QED) is 0.722. The average Bonchev–Trinajstić information content (AvgIpc) is 2.55. The number of nitrogens with one attached hydrogen (secondary N) is 1. The van der Waals surface area contributed by atoms with E-state index < -0.39 is 6.10 Å². The maximum atomic E-state index is 10.2. The summed E-state index contributed by atoms with van der Waals surface area (Å²) >= 11 is 5.90. The number of halogens is 2. The Morgan fingerprint density at radius 1 is 1.12 bits per heavy atom. The first kappa shape index (κ1) is 21.8. The number of aryl methyl sites for hydroxylation is 2. The lowest BCUT2D eigenvalue weighted by Gasteiger charge is -2.19. The van der Waals surface area contributed by atoms with E-state index in [1.807, 2.05) is 44.2 Å². The molecule has 2 rings (SSSR count). The summed E-state index contributed by atoms with van der Waals surface area (Å²) in [5.41, 5.74) is 4.62. The van der Waals surface area contributed by atoms with Gasteiger partial charge in [-0.1, -0.05) is 29.8 Å². The van der Waals surface area contributed by atoms with E-state index >= 15 is 0 Å². The van der Waals surface area contributed by atoms with Crippen molar-refractivity contribution in [1.29, 1.82) is 0 Å². The van der Waals surface area contributed by atoms with Gasteiger partial charge in [0.15, 0.2) is 0 Å². The number of ether oxygens (including phenoxy) is 1. The minimum atomic E-state index is -0.569. The average molecular weight is 384 g/mol. The Kier molecular flexibility index (Phi) is 8.74. The molecule has 2 unspecified atom stereocenters. The second-order valence-corrected chi connectivity index (χ2v) is 6.79. The molecular formula is C20H27Cl2NO2. The normalized spacial score (nSPS) is 13.0. The van der Waals surface area contributed by atoms with Gasteiger partial charge in [-0.3, -0.25) is 0 Å². The third-order valence-electron chi connectivity index (χ3n) is 4.22.